The van der Waals surface area contributed by atoms with E-state index >= 15 is 0 Å². The van der Waals surface area contributed by atoms with Crippen molar-refractivity contribution in [3.63, 3.8) is 0 Å². The van der Waals surface area contributed by atoms with Gasteiger partial charge in [0.15, 0.2) is 0 Å². The molecule has 8 N–H and O–H groups in total. The van der Waals surface area contributed by atoms with Gasteiger partial charge < -0.3 is 32.7 Å². The Hall–Kier alpha value is -2.78. The molecule has 31 heavy (non-hydrogen) atoms. The van der Waals surface area contributed by atoms with Gasteiger partial charge in [-0.2, -0.15) is 0 Å². The van der Waals surface area contributed by atoms with Crippen LogP contribution in [0.3, 0.4) is 0 Å². The van der Waals surface area contributed by atoms with Crippen LogP contribution in [0.2, 0.25) is 0 Å². The fourth-order valence-corrected chi connectivity index (χ4v) is 3.84. The average Bonchev–Trinajstić information content (AvgIpc) is 2.67. The van der Waals surface area contributed by atoms with Crippen LogP contribution in [-0.2, 0) is 19.2 Å². The maximum absolute atomic E-state index is 13.2. The zero-order chi connectivity index (χ0) is 23.6. The van der Waals surface area contributed by atoms with E-state index in [-0.39, 0.29) is 17.7 Å². The van der Waals surface area contributed by atoms with Gasteiger partial charge in [0, 0.05) is 13.5 Å². The second-order valence-corrected chi connectivity index (χ2v) is 8.58. The zero-order valence-corrected chi connectivity index (χ0v) is 18.9. The van der Waals surface area contributed by atoms with Gasteiger partial charge in [-0.3, -0.25) is 19.2 Å². The SMILES string of the molecule is C=C(N)NCCC[C@H](NC(=O)C1(NC(C)=O)CCCCC1)C(=O)N[C@H](C(N)=O)C(C)C. The molecule has 0 heterocycles. The molecule has 2 atom stereocenters. The van der Waals surface area contributed by atoms with Crippen molar-refractivity contribution in [1.29, 1.82) is 0 Å². The number of hydrogen-bond donors (Lipinski definition) is 6. The van der Waals surface area contributed by atoms with Gasteiger partial charge in [0.05, 0.1) is 5.82 Å². The van der Waals surface area contributed by atoms with Gasteiger partial charge in [-0.1, -0.05) is 39.7 Å². The highest BCUT2D eigenvalue weighted by molar-refractivity contribution is 5.96. The molecule has 1 fully saturated rings. The summed E-state index contributed by atoms with van der Waals surface area (Å²) < 4.78 is 0. The molecule has 10 heteroatoms. The molecule has 0 unspecified atom stereocenters. The van der Waals surface area contributed by atoms with E-state index in [4.69, 9.17) is 11.5 Å². The molecule has 0 saturated heterocycles. The third kappa shape index (κ3) is 8.47. The molecule has 0 aliphatic heterocycles. The summed E-state index contributed by atoms with van der Waals surface area (Å²) in [6, 6.07) is -1.75. The molecule has 1 saturated carbocycles. The minimum atomic E-state index is -1.03. The second-order valence-electron chi connectivity index (χ2n) is 8.58. The lowest BCUT2D eigenvalue weighted by Crippen LogP contribution is -2.63. The predicted molar refractivity (Wildman–Crippen MR) is 118 cm³/mol. The maximum Gasteiger partial charge on any atom is 0.246 e. The van der Waals surface area contributed by atoms with Crippen LogP contribution >= 0.6 is 0 Å². The minimum absolute atomic E-state index is 0.205. The third-order valence-corrected chi connectivity index (χ3v) is 5.47. The van der Waals surface area contributed by atoms with Crippen molar-refractivity contribution in [2.24, 2.45) is 17.4 Å². The van der Waals surface area contributed by atoms with Gasteiger partial charge in [-0.15, -0.1) is 0 Å². The van der Waals surface area contributed by atoms with E-state index in [1.807, 2.05) is 0 Å². The molecule has 0 aromatic heterocycles. The molecule has 0 bridgehead atoms. The summed E-state index contributed by atoms with van der Waals surface area (Å²) in [6.45, 7) is 8.94. The summed E-state index contributed by atoms with van der Waals surface area (Å²) in [5, 5.41) is 11.1. The third-order valence-electron chi connectivity index (χ3n) is 5.47. The Morgan fingerprint density at radius 2 is 1.65 bits per heavy atom. The van der Waals surface area contributed by atoms with Crippen molar-refractivity contribution in [3.05, 3.63) is 12.4 Å². The highest BCUT2D eigenvalue weighted by Gasteiger charge is 2.41. The van der Waals surface area contributed by atoms with Crippen LogP contribution in [0.4, 0.5) is 0 Å². The van der Waals surface area contributed by atoms with Crippen LogP contribution in [0, 0.1) is 5.92 Å². The molecule has 0 aromatic rings. The number of hydrogen-bond acceptors (Lipinski definition) is 6. The molecule has 0 aromatic carbocycles. The number of nitrogens with one attached hydrogen (secondary N) is 4. The maximum atomic E-state index is 13.2. The number of rotatable bonds is 12. The smallest absolute Gasteiger partial charge is 0.246 e. The fraction of sp³-hybridized carbons (Fsp3) is 0.714. The number of nitrogens with two attached hydrogens (primary N) is 2. The van der Waals surface area contributed by atoms with Crippen LogP contribution in [0.1, 0.15) is 65.7 Å². The zero-order valence-electron chi connectivity index (χ0n) is 18.9. The summed E-state index contributed by atoms with van der Waals surface area (Å²) in [5.41, 5.74) is 9.88. The van der Waals surface area contributed by atoms with Crippen molar-refractivity contribution in [2.75, 3.05) is 6.54 Å². The Labute approximate surface area is 184 Å². The van der Waals surface area contributed by atoms with Gasteiger partial charge in [-0.25, -0.2) is 0 Å². The average molecular weight is 439 g/mol. The molecule has 1 aliphatic carbocycles. The first-order chi connectivity index (χ1) is 14.5. The Morgan fingerprint density at radius 3 is 2.13 bits per heavy atom. The number of carbonyl (C=O) groups excluding carboxylic acids is 4. The van der Waals surface area contributed by atoms with E-state index in [0.29, 0.717) is 38.0 Å². The lowest BCUT2D eigenvalue weighted by atomic mass is 9.80. The van der Waals surface area contributed by atoms with Crippen LogP contribution in [0.15, 0.2) is 12.4 Å². The van der Waals surface area contributed by atoms with E-state index in [1.165, 1.54) is 6.92 Å². The summed E-state index contributed by atoms with van der Waals surface area (Å²) in [4.78, 5) is 49.6. The number of amides is 4. The Balaban J connectivity index is 2.98. The van der Waals surface area contributed by atoms with E-state index in [9.17, 15) is 19.2 Å². The van der Waals surface area contributed by atoms with E-state index in [0.717, 1.165) is 19.3 Å². The normalized spacial score (nSPS) is 17.2. The van der Waals surface area contributed by atoms with Gasteiger partial charge in [-0.05, 0) is 31.6 Å². The monoisotopic (exact) mass is 438 g/mol. The van der Waals surface area contributed by atoms with E-state index in [2.05, 4.69) is 27.8 Å². The second kappa shape index (κ2) is 12.2. The molecular weight excluding hydrogens is 400 g/mol. The molecule has 1 rings (SSSR count). The Bertz CT molecular complexity index is 673. The lowest BCUT2D eigenvalue weighted by Gasteiger charge is -2.37. The highest BCUT2D eigenvalue weighted by atomic mass is 16.2. The summed E-state index contributed by atoms with van der Waals surface area (Å²) in [7, 11) is 0. The molecule has 176 valence electrons. The lowest BCUT2D eigenvalue weighted by molar-refractivity contribution is -0.137. The first-order valence-electron chi connectivity index (χ1n) is 10.9. The molecule has 4 amide bonds. The molecular formula is C21H38N6O4. The minimum Gasteiger partial charge on any atom is -0.386 e. The van der Waals surface area contributed by atoms with Crippen LogP contribution < -0.4 is 32.7 Å². The summed E-state index contributed by atoms with van der Waals surface area (Å²) >= 11 is 0. The number of carbonyl (C=O) groups is 4. The standard InChI is InChI=1S/C21H38N6O4/c1-13(2)17(18(23)29)26-19(30)16(9-8-12-24-14(3)22)25-20(31)21(27-15(4)28)10-6-5-7-11-21/h13,16-17,24H,3,5-12,22H2,1-2,4H3,(H2,23,29)(H,25,31)(H,26,30)(H,27,28)/t16-,17-/m0/s1. The van der Waals surface area contributed by atoms with Gasteiger partial charge in [0.1, 0.15) is 17.6 Å². The van der Waals surface area contributed by atoms with Crippen LogP contribution in [0.25, 0.3) is 0 Å². The molecule has 0 radical (unpaired) electrons. The molecule has 0 spiro atoms. The van der Waals surface area contributed by atoms with Gasteiger partial charge in [0.25, 0.3) is 0 Å². The van der Waals surface area contributed by atoms with Crippen molar-refractivity contribution in [2.45, 2.75) is 83.3 Å². The van der Waals surface area contributed by atoms with Crippen molar-refractivity contribution < 1.29 is 19.2 Å². The first-order valence-corrected chi connectivity index (χ1v) is 10.9. The van der Waals surface area contributed by atoms with Gasteiger partial charge in [0.2, 0.25) is 23.6 Å². The first kappa shape index (κ1) is 26.3. The summed E-state index contributed by atoms with van der Waals surface area (Å²) in [5.74, 6) is -1.71. The Kier molecular flexibility index (Phi) is 10.3. The quantitative estimate of drug-likeness (QED) is 0.229. The van der Waals surface area contributed by atoms with Crippen molar-refractivity contribution in [1.82, 2.24) is 21.3 Å². The summed E-state index contributed by atoms with van der Waals surface area (Å²) in [6.07, 6.45) is 4.45. The largest absolute Gasteiger partial charge is 0.386 e. The number of primary amides is 1. The van der Waals surface area contributed by atoms with Crippen LogP contribution in [-0.4, -0.2) is 47.8 Å². The van der Waals surface area contributed by atoms with Crippen LogP contribution in [0.5, 0.6) is 0 Å². The van der Waals surface area contributed by atoms with E-state index < -0.39 is 29.4 Å². The Morgan fingerprint density at radius 1 is 1.03 bits per heavy atom. The topological polar surface area (TPSA) is 168 Å². The van der Waals surface area contributed by atoms with Crippen molar-refractivity contribution in [3.8, 4) is 0 Å². The van der Waals surface area contributed by atoms with Gasteiger partial charge >= 0.3 is 0 Å². The highest BCUT2D eigenvalue weighted by Crippen LogP contribution is 2.28. The fourth-order valence-electron chi connectivity index (χ4n) is 3.84. The molecule has 1 aliphatic rings. The van der Waals surface area contributed by atoms with Crippen molar-refractivity contribution >= 4 is 23.6 Å². The predicted octanol–water partition coefficient (Wildman–Crippen LogP) is -0.264. The molecule has 10 nitrogen and oxygen atoms in total. The van der Waals surface area contributed by atoms with E-state index in [1.54, 1.807) is 13.8 Å².